The first-order valence-electron chi connectivity index (χ1n) is 3.96. The summed E-state index contributed by atoms with van der Waals surface area (Å²) in [5.74, 6) is 0.950. The van der Waals surface area contributed by atoms with Gasteiger partial charge in [-0.15, -0.1) is 0 Å². The molecule has 3 nitrogen and oxygen atoms in total. The molecule has 0 amide bonds. The van der Waals surface area contributed by atoms with E-state index in [1.54, 1.807) is 0 Å². The van der Waals surface area contributed by atoms with Gasteiger partial charge in [0.05, 0.1) is 0 Å². The Morgan fingerprint density at radius 3 is 3.08 bits per heavy atom. The number of rotatable bonds is 1. The molecule has 64 valence electrons. The highest BCUT2D eigenvalue weighted by Gasteiger charge is 2.22. The van der Waals surface area contributed by atoms with Crippen LogP contribution in [-0.4, -0.2) is 15.3 Å². The highest BCUT2D eigenvalue weighted by molar-refractivity contribution is 6.32. The molecule has 2 heterocycles. The van der Waals surface area contributed by atoms with Gasteiger partial charge in [-0.2, -0.15) is 0 Å². The predicted molar refractivity (Wildman–Crippen MR) is 45.6 cm³/mol. The van der Waals surface area contributed by atoms with Gasteiger partial charge in [0.2, 0.25) is 0 Å². The molecule has 0 aliphatic carbocycles. The Morgan fingerprint density at radius 1 is 1.67 bits per heavy atom. The summed E-state index contributed by atoms with van der Waals surface area (Å²) in [6, 6.07) is 0. The Bertz CT molecular complexity index is 343. The van der Waals surface area contributed by atoms with E-state index >= 15 is 0 Å². The zero-order valence-corrected chi connectivity index (χ0v) is 7.56. The summed E-state index contributed by atoms with van der Waals surface area (Å²) in [5.41, 5.74) is 0.573. The maximum absolute atomic E-state index is 11.1. The minimum Gasteiger partial charge on any atom is -0.324 e. The van der Waals surface area contributed by atoms with Crippen LogP contribution in [0.25, 0.3) is 0 Å². The van der Waals surface area contributed by atoms with Crippen molar-refractivity contribution < 1.29 is 4.79 Å². The number of halogens is 1. The topological polar surface area (TPSA) is 34.9 Å². The molecule has 0 atom stereocenters. The Labute approximate surface area is 75.4 Å². The maximum Gasteiger partial charge on any atom is 0.179 e. The van der Waals surface area contributed by atoms with Crippen molar-refractivity contribution in [1.82, 2.24) is 9.55 Å². The second-order valence-electron chi connectivity index (χ2n) is 2.98. The van der Waals surface area contributed by atoms with Gasteiger partial charge in [0.25, 0.3) is 0 Å². The number of aromatic nitrogens is 2. The summed E-state index contributed by atoms with van der Waals surface area (Å²) in [5, 5.41) is 0.359. The van der Waals surface area contributed by atoms with Crippen LogP contribution in [0.1, 0.15) is 29.7 Å². The van der Waals surface area contributed by atoms with Crippen molar-refractivity contribution in [3.05, 3.63) is 16.7 Å². The zero-order chi connectivity index (χ0) is 8.72. The molecule has 0 spiro atoms. The lowest BCUT2D eigenvalue weighted by Crippen LogP contribution is -2.04. The average Bonchev–Trinajstić information content (AvgIpc) is 2.44. The van der Waals surface area contributed by atoms with Crippen molar-refractivity contribution in [2.45, 2.75) is 26.3 Å². The number of fused-ring (bicyclic) bond motifs is 1. The van der Waals surface area contributed by atoms with Gasteiger partial charge in [0.1, 0.15) is 11.5 Å². The fourth-order valence-corrected chi connectivity index (χ4v) is 1.96. The highest BCUT2D eigenvalue weighted by Crippen LogP contribution is 2.23. The number of carbonyl (C=O) groups is 1. The van der Waals surface area contributed by atoms with Gasteiger partial charge in [0.15, 0.2) is 10.9 Å². The van der Waals surface area contributed by atoms with Gasteiger partial charge >= 0.3 is 0 Å². The Balaban J connectivity index is 2.59. The Morgan fingerprint density at radius 2 is 2.42 bits per heavy atom. The van der Waals surface area contributed by atoms with Gasteiger partial charge in [-0.25, -0.2) is 4.98 Å². The fourth-order valence-electron chi connectivity index (χ4n) is 1.63. The monoisotopic (exact) mass is 184 g/mol. The summed E-state index contributed by atoms with van der Waals surface area (Å²) in [6.07, 6.45) is 2.01. The molecule has 0 saturated carbocycles. The van der Waals surface area contributed by atoms with Crippen LogP contribution in [0, 0.1) is 0 Å². The number of ketones is 1. The molecule has 0 saturated heterocycles. The van der Waals surface area contributed by atoms with Gasteiger partial charge < -0.3 is 4.57 Å². The van der Waals surface area contributed by atoms with E-state index in [4.69, 9.17) is 11.6 Å². The van der Waals surface area contributed by atoms with Gasteiger partial charge in [0, 0.05) is 19.9 Å². The van der Waals surface area contributed by atoms with E-state index in [-0.39, 0.29) is 5.78 Å². The Hall–Kier alpha value is -0.830. The largest absolute Gasteiger partial charge is 0.324 e. The van der Waals surface area contributed by atoms with Crippen molar-refractivity contribution in [2.75, 3.05) is 0 Å². The molecule has 12 heavy (non-hydrogen) atoms. The molecular formula is C8H9ClN2O. The van der Waals surface area contributed by atoms with Crippen LogP contribution in [0.5, 0.6) is 0 Å². The third kappa shape index (κ3) is 0.966. The zero-order valence-electron chi connectivity index (χ0n) is 6.80. The van der Waals surface area contributed by atoms with Crippen molar-refractivity contribution in [3.63, 3.8) is 0 Å². The fraction of sp³-hybridized carbons (Fsp3) is 0.500. The summed E-state index contributed by atoms with van der Waals surface area (Å²) < 4.78 is 1.92. The summed E-state index contributed by atoms with van der Waals surface area (Å²) >= 11 is 5.81. The number of hydrogen-bond acceptors (Lipinski definition) is 2. The first kappa shape index (κ1) is 7.80. The Kier molecular flexibility index (Phi) is 1.68. The summed E-state index contributed by atoms with van der Waals surface area (Å²) in [4.78, 5) is 15.3. The standard InChI is InChI=1S/C8H9ClN2O/c1-5(12)7-8(9)10-6-3-2-4-11(6)7/h2-4H2,1H3. The predicted octanol–water partition coefficient (Wildman–Crippen LogP) is 1.69. The molecular weight excluding hydrogens is 176 g/mol. The van der Waals surface area contributed by atoms with Crippen molar-refractivity contribution >= 4 is 17.4 Å². The highest BCUT2D eigenvalue weighted by atomic mass is 35.5. The number of carbonyl (C=O) groups excluding carboxylic acids is 1. The molecule has 4 heteroatoms. The number of Topliss-reactive ketones (excluding diaryl/α,β-unsaturated/α-hetero) is 1. The number of hydrogen-bond donors (Lipinski definition) is 0. The SMILES string of the molecule is CC(=O)c1c(Cl)nc2n1CCC2. The van der Waals surface area contributed by atoms with Crippen LogP contribution in [0.3, 0.4) is 0 Å². The molecule has 0 unspecified atom stereocenters. The molecule has 0 N–H and O–H groups in total. The molecule has 0 radical (unpaired) electrons. The lowest BCUT2D eigenvalue weighted by atomic mass is 10.3. The number of nitrogens with zero attached hydrogens (tertiary/aromatic N) is 2. The molecule has 0 fully saturated rings. The molecule has 0 bridgehead atoms. The maximum atomic E-state index is 11.1. The second kappa shape index (κ2) is 2.59. The van der Waals surface area contributed by atoms with Gasteiger partial charge in [-0.05, 0) is 6.42 Å². The molecule has 2 rings (SSSR count). The molecule has 0 aromatic carbocycles. The van der Waals surface area contributed by atoms with Crippen LogP contribution in [0.4, 0.5) is 0 Å². The van der Waals surface area contributed by atoms with E-state index in [0.29, 0.717) is 10.8 Å². The van der Waals surface area contributed by atoms with Gasteiger partial charge in [-0.1, -0.05) is 11.6 Å². The van der Waals surface area contributed by atoms with Crippen LogP contribution in [0.2, 0.25) is 5.15 Å². The summed E-state index contributed by atoms with van der Waals surface area (Å²) in [6.45, 7) is 2.40. The first-order valence-corrected chi connectivity index (χ1v) is 4.34. The average molecular weight is 185 g/mol. The van der Waals surface area contributed by atoms with E-state index in [9.17, 15) is 4.79 Å². The molecule has 1 aliphatic rings. The molecule has 1 aromatic rings. The smallest absolute Gasteiger partial charge is 0.179 e. The van der Waals surface area contributed by atoms with Crippen molar-refractivity contribution in [3.8, 4) is 0 Å². The summed E-state index contributed by atoms with van der Waals surface area (Å²) in [7, 11) is 0. The lowest BCUT2D eigenvalue weighted by molar-refractivity contribution is 0.100. The third-order valence-corrected chi connectivity index (χ3v) is 2.38. The van der Waals surface area contributed by atoms with Crippen LogP contribution < -0.4 is 0 Å². The quantitative estimate of drug-likeness (QED) is 0.623. The van der Waals surface area contributed by atoms with Gasteiger partial charge in [-0.3, -0.25) is 4.79 Å². The second-order valence-corrected chi connectivity index (χ2v) is 3.34. The first-order chi connectivity index (χ1) is 5.70. The van der Waals surface area contributed by atoms with Crippen molar-refractivity contribution in [2.24, 2.45) is 0 Å². The van der Waals surface area contributed by atoms with Crippen LogP contribution >= 0.6 is 11.6 Å². The van der Waals surface area contributed by atoms with E-state index < -0.39 is 0 Å². The van der Waals surface area contributed by atoms with Crippen LogP contribution in [0.15, 0.2) is 0 Å². The molecule has 1 aromatic heterocycles. The molecule has 1 aliphatic heterocycles. The van der Waals surface area contributed by atoms with Crippen molar-refractivity contribution in [1.29, 1.82) is 0 Å². The minimum absolute atomic E-state index is 0.000602. The third-order valence-electron chi connectivity index (χ3n) is 2.12. The number of aryl methyl sites for hydroxylation is 1. The minimum atomic E-state index is 0.000602. The van der Waals surface area contributed by atoms with Crippen LogP contribution in [-0.2, 0) is 13.0 Å². The normalized spacial score (nSPS) is 14.8. The number of imidazole rings is 1. The van der Waals surface area contributed by atoms with E-state index in [1.807, 2.05) is 4.57 Å². The van der Waals surface area contributed by atoms with E-state index in [1.165, 1.54) is 6.92 Å². The van der Waals surface area contributed by atoms with E-state index in [2.05, 4.69) is 4.98 Å². The van der Waals surface area contributed by atoms with E-state index in [0.717, 1.165) is 25.2 Å². The lowest BCUT2D eigenvalue weighted by Gasteiger charge is -1.99.